The van der Waals surface area contributed by atoms with Crippen molar-refractivity contribution in [3.8, 4) is 0 Å². The van der Waals surface area contributed by atoms with Crippen LogP contribution in [0.3, 0.4) is 0 Å². The average molecular weight is 459 g/mol. The summed E-state index contributed by atoms with van der Waals surface area (Å²) < 4.78 is 4.38. The van der Waals surface area contributed by atoms with Crippen molar-refractivity contribution in [2.45, 2.75) is 39.3 Å². The Labute approximate surface area is 195 Å². The van der Waals surface area contributed by atoms with Crippen molar-refractivity contribution in [2.24, 2.45) is 10.2 Å². The van der Waals surface area contributed by atoms with Crippen molar-refractivity contribution in [1.29, 1.82) is 0 Å². The second kappa shape index (κ2) is 10.1. The molecule has 6 heteroatoms. The van der Waals surface area contributed by atoms with Gasteiger partial charge in [0.05, 0.1) is 12.4 Å². The quantitative estimate of drug-likeness (QED) is 0.206. The zero-order valence-corrected chi connectivity index (χ0v) is 22.0. The van der Waals surface area contributed by atoms with Gasteiger partial charge in [0.2, 0.25) is 0 Å². The Morgan fingerprint density at radius 2 is 0.812 bits per heavy atom. The Bertz CT molecular complexity index is 949. The van der Waals surface area contributed by atoms with E-state index < -0.39 is 16.5 Å². The molecule has 0 saturated heterocycles. The van der Waals surface area contributed by atoms with Crippen LogP contribution in [0.5, 0.6) is 0 Å². The fraction of sp³-hybridized carbons (Fsp3) is 0.231. The van der Waals surface area contributed by atoms with Gasteiger partial charge in [0.25, 0.3) is 0 Å². The number of hydrogen-bond acceptors (Lipinski definition) is 4. The van der Waals surface area contributed by atoms with Gasteiger partial charge in [-0.15, -0.1) is 0 Å². The van der Waals surface area contributed by atoms with Crippen LogP contribution in [0.1, 0.15) is 11.1 Å². The molecule has 3 rings (SSSR count). The molecule has 0 bridgehead atoms. The van der Waals surface area contributed by atoms with Gasteiger partial charge in [-0.1, -0.05) is 60.7 Å². The first kappa shape index (κ1) is 23.7. The molecule has 0 radical (unpaired) electrons. The third-order valence-corrected chi connectivity index (χ3v) is 8.14. The van der Waals surface area contributed by atoms with Gasteiger partial charge >= 0.3 is 0 Å². The summed E-state index contributed by atoms with van der Waals surface area (Å²) in [6, 6.07) is 29.2. The summed E-state index contributed by atoms with van der Waals surface area (Å²) in [4.78, 5) is 0. The molecule has 0 aliphatic carbocycles. The van der Waals surface area contributed by atoms with Crippen LogP contribution in [-0.2, 0) is 0 Å². The predicted octanol–water partition coefficient (Wildman–Crippen LogP) is 7.04. The molecule has 4 nitrogen and oxygen atoms in total. The zero-order valence-electron chi connectivity index (χ0n) is 20.0. The van der Waals surface area contributed by atoms with Crippen LogP contribution in [0.15, 0.2) is 95.1 Å². The highest BCUT2D eigenvalue weighted by molar-refractivity contribution is 6.80. The molecule has 0 aliphatic rings. The lowest BCUT2D eigenvalue weighted by atomic mass is 10.2. The average Bonchev–Trinajstić information content (AvgIpc) is 2.75. The Morgan fingerprint density at radius 1 is 0.500 bits per heavy atom. The fourth-order valence-electron chi connectivity index (χ4n) is 3.31. The highest BCUT2D eigenvalue weighted by Gasteiger charge is 2.25. The molecule has 32 heavy (non-hydrogen) atoms. The van der Waals surface area contributed by atoms with Gasteiger partial charge in [0.15, 0.2) is 16.5 Å². The molecule has 0 N–H and O–H groups in total. The van der Waals surface area contributed by atoms with Gasteiger partial charge in [0, 0.05) is 11.4 Å². The molecule has 3 aromatic carbocycles. The van der Waals surface area contributed by atoms with Crippen LogP contribution in [0, 0.1) is 0 Å². The number of para-hydroxylation sites is 2. The molecule has 0 fully saturated rings. The Morgan fingerprint density at radius 3 is 1.09 bits per heavy atom. The van der Waals surface area contributed by atoms with E-state index in [1.54, 1.807) is 0 Å². The smallest absolute Gasteiger partial charge is 0.176 e. The van der Waals surface area contributed by atoms with Gasteiger partial charge < -0.3 is 0 Å². The minimum atomic E-state index is -1.66. The van der Waals surface area contributed by atoms with Crippen LogP contribution in [0.4, 0.5) is 11.4 Å². The summed E-state index contributed by atoms with van der Waals surface area (Å²) in [6.07, 6.45) is 3.90. The summed E-state index contributed by atoms with van der Waals surface area (Å²) >= 11 is 0. The van der Waals surface area contributed by atoms with E-state index in [-0.39, 0.29) is 0 Å². The number of hydrazone groups is 2. The summed E-state index contributed by atoms with van der Waals surface area (Å²) in [7, 11) is -3.31. The molecule has 0 amide bonds. The zero-order chi connectivity index (χ0) is 23.2. The van der Waals surface area contributed by atoms with Crippen LogP contribution in [0.25, 0.3) is 0 Å². The highest BCUT2D eigenvalue weighted by atomic mass is 28.3. The number of hydrogen-bond donors (Lipinski definition) is 0. The van der Waals surface area contributed by atoms with Crippen LogP contribution >= 0.6 is 0 Å². The van der Waals surface area contributed by atoms with E-state index in [0.717, 1.165) is 22.5 Å². The molecule has 166 valence electrons. The van der Waals surface area contributed by atoms with Gasteiger partial charge in [0.1, 0.15) is 0 Å². The summed E-state index contributed by atoms with van der Waals surface area (Å²) in [6.45, 7) is 13.8. The van der Waals surface area contributed by atoms with E-state index >= 15 is 0 Å². The molecule has 0 aromatic heterocycles. The minimum absolute atomic E-state index is 1.08. The lowest BCUT2D eigenvalue weighted by molar-refractivity contribution is 1.13. The molecule has 3 aromatic rings. The largest absolute Gasteiger partial charge is 0.295 e. The Hall–Kier alpha value is -2.97. The van der Waals surface area contributed by atoms with E-state index in [9.17, 15) is 0 Å². The van der Waals surface area contributed by atoms with Gasteiger partial charge in [-0.25, -0.2) is 0 Å². The van der Waals surface area contributed by atoms with Crippen molar-refractivity contribution < 1.29 is 0 Å². The number of anilines is 2. The van der Waals surface area contributed by atoms with Crippen molar-refractivity contribution in [3.63, 3.8) is 0 Å². The van der Waals surface area contributed by atoms with Crippen molar-refractivity contribution in [3.05, 3.63) is 96.1 Å². The summed E-state index contributed by atoms with van der Waals surface area (Å²) in [5, 5.41) is 9.69. The first-order valence-electron chi connectivity index (χ1n) is 11.0. The lowest BCUT2D eigenvalue weighted by Gasteiger charge is -2.31. The first-order chi connectivity index (χ1) is 15.1. The maximum atomic E-state index is 4.85. The van der Waals surface area contributed by atoms with Gasteiger partial charge in [-0.05, 0) is 74.7 Å². The second-order valence-electron chi connectivity index (χ2n) is 9.79. The predicted molar refractivity (Wildman–Crippen MR) is 146 cm³/mol. The normalized spacial score (nSPS) is 12.4. The van der Waals surface area contributed by atoms with Crippen LogP contribution in [-0.4, -0.2) is 28.9 Å². The maximum absolute atomic E-state index is 4.85. The first-order valence-corrected chi connectivity index (χ1v) is 17.9. The van der Waals surface area contributed by atoms with Gasteiger partial charge in [-0.3, -0.25) is 9.35 Å². The Kier molecular flexibility index (Phi) is 7.48. The fourth-order valence-corrected chi connectivity index (χ4v) is 5.97. The number of rotatable bonds is 8. The lowest BCUT2D eigenvalue weighted by Crippen LogP contribution is -2.42. The van der Waals surface area contributed by atoms with Crippen molar-refractivity contribution >= 4 is 40.3 Å². The van der Waals surface area contributed by atoms with Crippen molar-refractivity contribution in [1.82, 2.24) is 0 Å². The summed E-state index contributed by atoms with van der Waals surface area (Å²) in [5.74, 6) is 0. The molecule has 0 spiro atoms. The minimum Gasteiger partial charge on any atom is -0.295 e. The second-order valence-corrected chi connectivity index (χ2v) is 19.3. The molecule has 0 aliphatic heterocycles. The van der Waals surface area contributed by atoms with E-state index in [2.05, 4.69) is 121 Å². The van der Waals surface area contributed by atoms with Crippen molar-refractivity contribution in [2.75, 3.05) is 9.35 Å². The van der Waals surface area contributed by atoms with E-state index in [4.69, 9.17) is 10.2 Å². The van der Waals surface area contributed by atoms with E-state index in [1.807, 2.05) is 24.6 Å². The molecule has 0 heterocycles. The molecule has 0 saturated carbocycles. The molecule has 0 atom stereocenters. The monoisotopic (exact) mass is 458 g/mol. The number of benzene rings is 3. The SMILES string of the molecule is C[Si](C)(C)N(/N=C/c1ccc(/C=N/N(c2ccccc2)[Si](C)(C)C)cc1)c1ccccc1. The molecular weight excluding hydrogens is 424 g/mol. The number of nitrogens with zero attached hydrogens (tertiary/aromatic N) is 4. The van der Waals surface area contributed by atoms with E-state index in [1.165, 1.54) is 0 Å². The van der Waals surface area contributed by atoms with Crippen LogP contribution in [0.2, 0.25) is 39.3 Å². The standard InChI is InChI=1S/C26H34N4Si2/c1-31(2,3)29(25-13-9-7-10-14-25)27-21-23-17-19-24(20-18-23)22-28-30(32(4,5)6)26-15-11-8-12-16-26/h7-22H,1-6H3/b27-21+,28-22+. The maximum Gasteiger partial charge on any atom is 0.176 e. The highest BCUT2D eigenvalue weighted by Crippen LogP contribution is 2.23. The van der Waals surface area contributed by atoms with Crippen LogP contribution < -0.4 is 9.35 Å². The third-order valence-electron chi connectivity index (χ3n) is 4.85. The van der Waals surface area contributed by atoms with Gasteiger partial charge in [-0.2, -0.15) is 10.2 Å². The molecule has 0 unspecified atom stereocenters. The summed E-state index contributed by atoms with van der Waals surface area (Å²) in [5.41, 5.74) is 4.43. The van der Waals surface area contributed by atoms with E-state index in [0.29, 0.717) is 0 Å². The topological polar surface area (TPSA) is 31.2 Å². The third kappa shape index (κ3) is 6.51. The Balaban J connectivity index is 1.77. The molecular formula is C26H34N4Si2.